The van der Waals surface area contributed by atoms with E-state index in [-0.39, 0.29) is 7.43 Å². The van der Waals surface area contributed by atoms with Gasteiger partial charge in [-0.3, -0.25) is 4.90 Å². The number of allylic oxidation sites excluding steroid dienone is 1. The smallest absolute Gasteiger partial charge is 0.0594 e. The molecular formula is C24H43NO. The third-order valence-corrected chi connectivity index (χ3v) is 4.68. The van der Waals surface area contributed by atoms with E-state index in [1.165, 1.54) is 42.5 Å². The molecule has 0 unspecified atom stereocenters. The second kappa shape index (κ2) is 14.0. The van der Waals surface area contributed by atoms with Gasteiger partial charge in [-0.25, -0.2) is 0 Å². The lowest BCUT2D eigenvalue weighted by Crippen LogP contribution is -2.36. The summed E-state index contributed by atoms with van der Waals surface area (Å²) in [5.74, 6) is 0.884. The lowest BCUT2D eigenvalue weighted by atomic mass is 10.0. The van der Waals surface area contributed by atoms with Crippen LogP contribution in [0.25, 0.3) is 6.08 Å². The van der Waals surface area contributed by atoms with Crippen molar-refractivity contribution in [2.75, 3.05) is 32.8 Å². The molecule has 0 atom stereocenters. The van der Waals surface area contributed by atoms with Crippen LogP contribution in [0.15, 0.2) is 23.8 Å². The fourth-order valence-corrected chi connectivity index (χ4v) is 2.96. The first kappa shape index (κ1) is 24.9. The third-order valence-electron chi connectivity index (χ3n) is 4.68. The van der Waals surface area contributed by atoms with E-state index in [2.05, 4.69) is 56.9 Å². The molecule has 1 saturated heterocycles. The Bertz CT molecular complexity index is 508. The summed E-state index contributed by atoms with van der Waals surface area (Å²) in [4.78, 5) is 2.45. The molecule has 0 spiro atoms. The Hall–Kier alpha value is -1.12. The van der Waals surface area contributed by atoms with E-state index in [0.717, 1.165) is 32.2 Å². The van der Waals surface area contributed by atoms with Gasteiger partial charge in [0, 0.05) is 13.1 Å². The highest BCUT2D eigenvalue weighted by atomic mass is 16.5. The predicted molar refractivity (Wildman–Crippen MR) is 118 cm³/mol. The van der Waals surface area contributed by atoms with E-state index in [0.29, 0.717) is 0 Å². The van der Waals surface area contributed by atoms with Crippen LogP contribution in [0, 0.1) is 19.8 Å². The molecule has 1 heterocycles. The van der Waals surface area contributed by atoms with Crippen molar-refractivity contribution in [2.24, 2.45) is 5.92 Å². The summed E-state index contributed by atoms with van der Waals surface area (Å²) in [5, 5.41) is 0. The highest BCUT2D eigenvalue weighted by Gasteiger charge is 2.22. The van der Waals surface area contributed by atoms with Crippen molar-refractivity contribution in [1.29, 1.82) is 0 Å². The number of ether oxygens (including phenoxy) is 1. The minimum atomic E-state index is 0. The molecule has 2 nitrogen and oxygen atoms in total. The normalized spacial score (nSPS) is 17.2. The zero-order valence-electron chi connectivity index (χ0n) is 17.4. The average Bonchev–Trinajstić information content (AvgIpc) is 3.47. The van der Waals surface area contributed by atoms with Gasteiger partial charge in [-0.2, -0.15) is 0 Å². The van der Waals surface area contributed by atoms with E-state index in [9.17, 15) is 0 Å². The first-order valence-electron chi connectivity index (χ1n) is 10.2. The third kappa shape index (κ3) is 9.54. The molecule has 1 aliphatic carbocycles. The highest BCUT2D eigenvalue weighted by molar-refractivity contribution is 5.58. The largest absolute Gasteiger partial charge is 0.379 e. The fourth-order valence-electron chi connectivity index (χ4n) is 2.96. The first-order valence-corrected chi connectivity index (χ1v) is 10.2. The van der Waals surface area contributed by atoms with Gasteiger partial charge in [-0.15, -0.1) is 0 Å². The Kier molecular flexibility index (Phi) is 13.4. The summed E-state index contributed by atoms with van der Waals surface area (Å²) in [6.07, 6.45) is 6.42. The van der Waals surface area contributed by atoms with E-state index < -0.39 is 0 Å². The maximum atomic E-state index is 5.20. The van der Waals surface area contributed by atoms with Crippen molar-refractivity contribution in [3.05, 3.63) is 40.5 Å². The number of nitrogens with zero attached hydrogens (tertiary/aromatic N) is 1. The number of hydrogen-bond donors (Lipinski definition) is 0. The van der Waals surface area contributed by atoms with Crippen molar-refractivity contribution in [3.63, 3.8) is 0 Å². The van der Waals surface area contributed by atoms with E-state index in [1.807, 2.05) is 13.8 Å². The Labute approximate surface area is 163 Å². The van der Waals surface area contributed by atoms with Crippen LogP contribution in [0.4, 0.5) is 0 Å². The van der Waals surface area contributed by atoms with E-state index in [1.54, 1.807) is 5.57 Å². The monoisotopic (exact) mass is 361 g/mol. The molecule has 1 aromatic rings. The molecule has 3 rings (SSSR count). The van der Waals surface area contributed by atoms with Crippen molar-refractivity contribution in [1.82, 2.24) is 4.90 Å². The van der Waals surface area contributed by atoms with Crippen LogP contribution in [0.2, 0.25) is 0 Å². The molecule has 150 valence electrons. The Balaban J connectivity index is 0.000000455. The molecule has 0 N–H and O–H groups in total. The molecular weight excluding hydrogens is 318 g/mol. The summed E-state index contributed by atoms with van der Waals surface area (Å²) in [7, 11) is 0. The minimum Gasteiger partial charge on any atom is -0.379 e. The van der Waals surface area contributed by atoms with Crippen LogP contribution in [-0.4, -0.2) is 37.7 Å². The van der Waals surface area contributed by atoms with Gasteiger partial charge < -0.3 is 4.74 Å². The standard InChI is InChI=1S/C14H18.C7H15NO.C2H6.CH4/c1-10-4-5-11(2)14(8-10)9-12(3)13-6-7-13;1-2-3-8-4-6-9-7-5-8;1-2;/h4-5,8-9,13H,6-7H2,1-3H3;2-7H2,1H3;1-2H3;1H4/b12-9+;;;. The molecule has 1 aromatic carbocycles. The molecule has 0 amide bonds. The van der Waals surface area contributed by atoms with Gasteiger partial charge in [0.15, 0.2) is 0 Å². The van der Waals surface area contributed by atoms with Crippen molar-refractivity contribution in [2.45, 2.75) is 68.2 Å². The lowest BCUT2D eigenvalue weighted by Gasteiger charge is -2.25. The number of rotatable bonds is 4. The quantitative estimate of drug-likeness (QED) is 0.606. The molecule has 0 bridgehead atoms. The molecule has 26 heavy (non-hydrogen) atoms. The van der Waals surface area contributed by atoms with E-state index in [4.69, 9.17) is 4.74 Å². The highest BCUT2D eigenvalue weighted by Crippen LogP contribution is 2.37. The minimum absolute atomic E-state index is 0. The molecule has 0 radical (unpaired) electrons. The first-order chi connectivity index (χ1) is 12.1. The predicted octanol–water partition coefficient (Wildman–Crippen LogP) is 6.51. The van der Waals surface area contributed by atoms with Crippen LogP contribution in [0.3, 0.4) is 0 Å². The van der Waals surface area contributed by atoms with Gasteiger partial charge >= 0.3 is 0 Å². The zero-order chi connectivity index (χ0) is 18.7. The van der Waals surface area contributed by atoms with Crippen LogP contribution in [0.5, 0.6) is 0 Å². The average molecular weight is 362 g/mol. The van der Waals surface area contributed by atoms with Gasteiger partial charge in [-0.1, -0.05) is 63.6 Å². The summed E-state index contributed by atoms with van der Waals surface area (Å²) in [6.45, 7) is 18.2. The second-order valence-corrected chi connectivity index (χ2v) is 6.98. The maximum Gasteiger partial charge on any atom is 0.0594 e. The van der Waals surface area contributed by atoms with Gasteiger partial charge in [0.25, 0.3) is 0 Å². The van der Waals surface area contributed by atoms with Crippen LogP contribution in [-0.2, 0) is 4.74 Å². The SMILES string of the molecule is C.C/C(=C\c1cc(C)ccc1C)C1CC1.CC.CCCN1CCOCC1. The van der Waals surface area contributed by atoms with Crippen molar-refractivity contribution in [3.8, 4) is 0 Å². The number of aryl methyl sites for hydroxylation is 2. The Morgan fingerprint density at radius 1 is 1.15 bits per heavy atom. The lowest BCUT2D eigenvalue weighted by molar-refractivity contribution is 0.0380. The Morgan fingerprint density at radius 3 is 2.31 bits per heavy atom. The molecule has 1 saturated carbocycles. The fraction of sp³-hybridized carbons (Fsp3) is 0.667. The summed E-state index contributed by atoms with van der Waals surface area (Å²) in [5.41, 5.74) is 5.69. The van der Waals surface area contributed by atoms with Crippen molar-refractivity contribution < 1.29 is 4.74 Å². The molecule has 2 heteroatoms. The maximum absolute atomic E-state index is 5.20. The van der Waals surface area contributed by atoms with Crippen LogP contribution >= 0.6 is 0 Å². The number of benzene rings is 1. The Morgan fingerprint density at radius 2 is 1.77 bits per heavy atom. The summed E-state index contributed by atoms with van der Waals surface area (Å²) >= 11 is 0. The van der Waals surface area contributed by atoms with Crippen LogP contribution in [0.1, 0.15) is 71.1 Å². The van der Waals surface area contributed by atoms with Gasteiger partial charge in [0.05, 0.1) is 13.2 Å². The molecule has 1 aliphatic heterocycles. The summed E-state index contributed by atoms with van der Waals surface area (Å²) in [6, 6.07) is 6.67. The molecule has 2 fully saturated rings. The topological polar surface area (TPSA) is 12.5 Å². The van der Waals surface area contributed by atoms with Gasteiger partial charge in [0.1, 0.15) is 0 Å². The second-order valence-electron chi connectivity index (χ2n) is 6.98. The van der Waals surface area contributed by atoms with Crippen LogP contribution < -0.4 is 0 Å². The van der Waals surface area contributed by atoms with Gasteiger partial charge in [0.2, 0.25) is 0 Å². The van der Waals surface area contributed by atoms with E-state index >= 15 is 0 Å². The molecule has 0 aromatic heterocycles. The summed E-state index contributed by atoms with van der Waals surface area (Å²) < 4.78 is 5.20. The zero-order valence-corrected chi connectivity index (χ0v) is 17.4. The van der Waals surface area contributed by atoms with Gasteiger partial charge in [-0.05, 0) is 63.6 Å². The number of hydrogen-bond acceptors (Lipinski definition) is 2. The van der Waals surface area contributed by atoms with Crippen molar-refractivity contribution >= 4 is 6.08 Å². The number of morpholine rings is 1. The molecule has 2 aliphatic rings.